The summed E-state index contributed by atoms with van der Waals surface area (Å²) in [7, 11) is 4.79. The number of thiazole rings is 1. The van der Waals surface area contributed by atoms with E-state index in [1.165, 1.54) is 11.3 Å². The number of fused-ring (bicyclic) bond motifs is 2. The summed E-state index contributed by atoms with van der Waals surface area (Å²) in [5.41, 5.74) is 1.40. The van der Waals surface area contributed by atoms with Crippen molar-refractivity contribution in [1.29, 1.82) is 0 Å². The Morgan fingerprint density at radius 3 is 2.23 bits per heavy atom. The fourth-order valence-corrected chi connectivity index (χ4v) is 4.69. The zero-order chi connectivity index (χ0) is 22.0. The predicted octanol–water partition coefficient (Wildman–Crippen LogP) is 5.03. The molecule has 1 aromatic heterocycles. The number of aryl methyl sites for hydroxylation is 1. The molecule has 3 aromatic carbocycles. The Morgan fingerprint density at radius 2 is 1.58 bits per heavy atom. The van der Waals surface area contributed by atoms with Gasteiger partial charge in [0.1, 0.15) is 5.75 Å². The van der Waals surface area contributed by atoms with Gasteiger partial charge in [0.05, 0.1) is 37.1 Å². The Hall–Kier alpha value is -3.32. The fourth-order valence-electron chi connectivity index (χ4n) is 3.62. The molecule has 7 heteroatoms. The number of carbonyl (C=O) groups excluding carboxylic acids is 1. The summed E-state index contributed by atoms with van der Waals surface area (Å²) in [4.78, 5) is 18.3. The zero-order valence-electron chi connectivity index (χ0n) is 18.0. The van der Waals surface area contributed by atoms with Crippen molar-refractivity contribution in [3.8, 4) is 17.2 Å². The van der Waals surface area contributed by atoms with Crippen molar-refractivity contribution in [2.75, 3.05) is 21.3 Å². The highest BCUT2D eigenvalue weighted by molar-refractivity contribution is 7.16. The number of benzene rings is 3. The van der Waals surface area contributed by atoms with Crippen LogP contribution in [0.1, 0.15) is 23.7 Å². The number of hydrogen-bond donors (Lipinski definition) is 0. The van der Waals surface area contributed by atoms with Crippen LogP contribution < -0.4 is 19.0 Å². The molecule has 0 N–H and O–H groups in total. The summed E-state index contributed by atoms with van der Waals surface area (Å²) in [5, 5.41) is 1.98. The Bertz CT molecular complexity index is 1340. The van der Waals surface area contributed by atoms with Gasteiger partial charge in [-0.05, 0) is 29.3 Å². The number of amides is 1. The van der Waals surface area contributed by atoms with Gasteiger partial charge in [-0.25, -0.2) is 0 Å². The molecule has 1 heterocycles. The van der Waals surface area contributed by atoms with Gasteiger partial charge in [0.15, 0.2) is 16.3 Å². The van der Waals surface area contributed by atoms with E-state index < -0.39 is 0 Å². The van der Waals surface area contributed by atoms with Crippen LogP contribution in [-0.4, -0.2) is 31.8 Å². The number of nitrogens with zero attached hydrogens (tertiary/aromatic N) is 2. The molecule has 0 aliphatic carbocycles. The molecule has 6 nitrogen and oxygen atoms in total. The molecule has 0 saturated heterocycles. The van der Waals surface area contributed by atoms with Crippen LogP contribution >= 0.6 is 11.3 Å². The van der Waals surface area contributed by atoms with E-state index in [0.29, 0.717) is 27.6 Å². The average molecular weight is 437 g/mol. The lowest BCUT2D eigenvalue weighted by molar-refractivity contribution is 0.0995. The Labute approximate surface area is 184 Å². The van der Waals surface area contributed by atoms with Crippen LogP contribution in [0.5, 0.6) is 17.2 Å². The van der Waals surface area contributed by atoms with E-state index in [1.807, 2.05) is 53.1 Å². The van der Waals surface area contributed by atoms with Gasteiger partial charge in [0.25, 0.3) is 5.91 Å². The second-order valence-corrected chi connectivity index (χ2v) is 8.04. The minimum atomic E-state index is -0.335. The van der Waals surface area contributed by atoms with E-state index in [0.717, 1.165) is 34.0 Å². The molecule has 0 aliphatic rings. The fraction of sp³-hybridized carbons (Fsp3) is 0.250. The molecule has 0 aliphatic heterocycles. The van der Waals surface area contributed by atoms with E-state index in [9.17, 15) is 4.79 Å². The molecule has 0 radical (unpaired) electrons. The molecule has 0 fully saturated rings. The third-order valence-corrected chi connectivity index (χ3v) is 6.17. The van der Waals surface area contributed by atoms with Crippen LogP contribution in [0.15, 0.2) is 53.5 Å². The highest BCUT2D eigenvalue weighted by atomic mass is 32.1. The van der Waals surface area contributed by atoms with Crippen LogP contribution in [0, 0.1) is 0 Å². The lowest BCUT2D eigenvalue weighted by Gasteiger charge is -2.09. The summed E-state index contributed by atoms with van der Waals surface area (Å²) in [6.07, 6.45) is 0.904. The van der Waals surface area contributed by atoms with Crippen LogP contribution in [0.25, 0.3) is 21.0 Å². The Kier molecular flexibility index (Phi) is 5.95. The summed E-state index contributed by atoms with van der Waals surface area (Å²) in [5.74, 6) is 1.47. The van der Waals surface area contributed by atoms with E-state index >= 15 is 0 Å². The summed E-state index contributed by atoms with van der Waals surface area (Å²) in [6.45, 7) is 2.83. The SMILES string of the molecule is CCCn1c(=NC(=O)c2cc3ccccc3cc2OC)sc2cc(OC)c(OC)cc21. The summed E-state index contributed by atoms with van der Waals surface area (Å²) >= 11 is 1.45. The van der Waals surface area contributed by atoms with Crippen molar-refractivity contribution < 1.29 is 19.0 Å². The van der Waals surface area contributed by atoms with Gasteiger partial charge in [0.2, 0.25) is 0 Å². The van der Waals surface area contributed by atoms with E-state index in [2.05, 4.69) is 11.9 Å². The van der Waals surface area contributed by atoms with Gasteiger partial charge in [-0.2, -0.15) is 4.99 Å². The number of aromatic nitrogens is 1. The first-order chi connectivity index (χ1) is 15.1. The first kappa shape index (κ1) is 20.9. The maximum absolute atomic E-state index is 13.2. The summed E-state index contributed by atoms with van der Waals surface area (Å²) < 4.78 is 19.4. The summed E-state index contributed by atoms with van der Waals surface area (Å²) in [6, 6.07) is 15.4. The maximum Gasteiger partial charge on any atom is 0.283 e. The number of rotatable bonds is 6. The van der Waals surface area contributed by atoms with Crippen molar-refractivity contribution in [2.24, 2.45) is 4.99 Å². The van der Waals surface area contributed by atoms with Crippen LogP contribution in [0.4, 0.5) is 0 Å². The maximum atomic E-state index is 13.2. The molecule has 0 unspecified atom stereocenters. The molecule has 4 aromatic rings. The largest absolute Gasteiger partial charge is 0.496 e. The van der Waals surface area contributed by atoms with E-state index in [1.54, 1.807) is 21.3 Å². The quantitative estimate of drug-likeness (QED) is 0.425. The van der Waals surface area contributed by atoms with Crippen molar-refractivity contribution in [3.05, 3.63) is 58.9 Å². The third kappa shape index (κ3) is 3.88. The van der Waals surface area contributed by atoms with Crippen molar-refractivity contribution in [3.63, 3.8) is 0 Å². The lowest BCUT2D eigenvalue weighted by Crippen LogP contribution is -2.17. The minimum Gasteiger partial charge on any atom is -0.496 e. The second kappa shape index (κ2) is 8.81. The van der Waals surface area contributed by atoms with Crippen molar-refractivity contribution in [2.45, 2.75) is 19.9 Å². The van der Waals surface area contributed by atoms with Gasteiger partial charge in [-0.3, -0.25) is 4.79 Å². The molecule has 1 amide bonds. The molecular formula is C24H24N2O4S. The number of methoxy groups -OCH3 is 3. The smallest absolute Gasteiger partial charge is 0.283 e. The van der Waals surface area contributed by atoms with E-state index in [-0.39, 0.29) is 5.91 Å². The van der Waals surface area contributed by atoms with Crippen molar-refractivity contribution >= 4 is 38.2 Å². The van der Waals surface area contributed by atoms with Gasteiger partial charge in [-0.15, -0.1) is 0 Å². The van der Waals surface area contributed by atoms with Crippen molar-refractivity contribution in [1.82, 2.24) is 4.57 Å². The van der Waals surface area contributed by atoms with Gasteiger partial charge in [0, 0.05) is 18.7 Å². The zero-order valence-corrected chi connectivity index (χ0v) is 18.8. The van der Waals surface area contributed by atoms with Gasteiger partial charge >= 0.3 is 0 Å². The monoisotopic (exact) mass is 436 g/mol. The molecule has 0 atom stereocenters. The van der Waals surface area contributed by atoms with Crippen LogP contribution in [0.2, 0.25) is 0 Å². The Balaban J connectivity index is 1.89. The molecule has 0 bridgehead atoms. The minimum absolute atomic E-state index is 0.335. The lowest BCUT2D eigenvalue weighted by atomic mass is 10.1. The average Bonchev–Trinajstić information content (AvgIpc) is 3.12. The topological polar surface area (TPSA) is 62.1 Å². The standard InChI is InChI=1S/C24H24N2O4S/c1-5-10-26-18-13-20(29-3)21(30-4)14-22(18)31-24(26)25-23(27)17-11-15-8-6-7-9-16(15)12-19(17)28-2/h6-9,11-14H,5,10H2,1-4H3. The number of carbonyl (C=O) groups is 1. The van der Waals surface area contributed by atoms with E-state index in [4.69, 9.17) is 14.2 Å². The molecular weight excluding hydrogens is 412 g/mol. The highest BCUT2D eigenvalue weighted by Crippen LogP contribution is 2.33. The third-order valence-electron chi connectivity index (χ3n) is 5.13. The predicted molar refractivity (Wildman–Crippen MR) is 124 cm³/mol. The highest BCUT2D eigenvalue weighted by Gasteiger charge is 2.16. The van der Waals surface area contributed by atoms with Gasteiger partial charge in [-0.1, -0.05) is 42.5 Å². The molecule has 31 heavy (non-hydrogen) atoms. The van der Waals surface area contributed by atoms with Gasteiger partial charge < -0.3 is 18.8 Å². The Morgan fingerprint density at radius 1 is 0.935 bits per heavy atom. The molecule has 0 saturated carbocycles. The molecule has 0 spiro atoms. The first-order valence-electron chi connectivity index (χ1n) is 10.0. The second-order valence-electron chi connectivity index (χ2n) is 7.03. The molecule has 4 rings (SSSR count). The van der Waals surface area contributed by atoms with Crippen LogP contribution in [-0.2, 0) is 6.54 Å². The first-order valence-corrected chi connectivity index (χ1v) is 10.8. The molecule has 160 valence electrons. The number of hydrogen-bond acceptors (Lipinski definition) is 5. The normalized spacial score (nSPS) is 11.8. The number of ether oxygens (including phenoxy) is 3. The van der Waals surface area contributed by atoms with Crippen LogP contribution in [0.3, 0.4) is 0 Å².